The van der Waals surface area contributed by atoms with Crippen molar-refractivity contribution < 1.29 is 9.53 Å². The Morgan fingerprint density at radius 1 is 1.23 bits per heavy atom. The molecule has 1 aromatic carbocycles. The lowest BCUT2D eigenvalue weighted by Gasteiger charge is -2.29. The van der Waals surface area contributed by atoms with Crippen molar-refractivity contribution in [2.24, 2.45) is 0 Å². The molecule has 1 saturated heterocycles. The minimum atomic E-state index is 0. The van der Waals surface area contributed by atoms with Crippen LogP contribution in [0, 0.1) is 0 Å². The van der Waals surface area contributed by atoms with Crippen LogP contribution in [0.3, 0.4) is 0 Å². The Morgan fingerprint density at radius 3 is 2.36 bits per heavy atom. The van der Waals surface area contributed by atoms with E-state index in [-0.39, 0.29) is 30.7 Å². The summed E-state index contributed by atoms with van der Waals surface area (Å²) in [6.45, 7) is 4.88. The van der Waals surface area contributed by atoms with Crippen LogP contribution in [-0.4, -0.2) is 64.3 Å². The van der Waals surface area contributed by atoms with Gasteiger partial charge in [0.05, 0.1) is 13.2 Å². The van der Waals surface area contributed by atoms with Gasteiger partial charge in [-0.1, -0.05) is 0 Å². The number of anilines is 1. The Morgan fingerprint density at radius 2 is 1.82 bits per heavy atom. The van der Waals surface area contributed by atoms with Crippen molar-refractivity contribution in [3.05, 3.63) is 29.8 Å². The van der Waals surface area contributed by atoms with Gasteiger partial charge in [0.15, 0.2) is 0 Å². The number of hydrogen-bond donors (Lipinski definition) is 1. The first-order chi connectivity index (χ1) is 9.72. The molecule has 1 aliphatic heterocycles. The smallest absolute Gasteiger partial charge is 0.253 e. The van der Waals surface area contributed by atoms with Gasteiger partial charge in [-0.3, -0.25) is 4.79 Å². The lowest BCUT2D eigenvalue weighted by atomic mass is 10.1. The first-order valence-corrected chi connectivity index (χ1v) is 7.05. The zero-order valence-electron chi connectivity index (χ0n) is 13.1. The third kappa shape index (κ3) is 5.65. The second-order valence-electron chi connectivity index (χ2n) is 4.98. The third-order valence-corrected chi connectivity index (χ3v) is 3.53. The average molecular weight is 350 g/mol. The van der Waals surface area contributed by atoms with E-state index in [9.17, 15) is 4.79 Å². The Bertz CT molecular complexity index is 437. The van der Waals surface area contributed by atoms with Crippen LogP contribution in [-0.2, 0) is 4.74 Å². The van der Waals surface area contributed by atoms with Crippen molar-refractivity contribution in [2.45, 2.75) is 0 Å². The molecular weight excluding hydrogens is 325 g/mol. The molecule has 22 heavy (non-hydrogen) atoms. The molecule has 1 heterocycles. The molecule has 0 aromatic heterocycles. The van der Waals surface area contributed by atoms with Crippen molar-refractivity contribution in [1.29, 1.82) is 0 Å². The standard InChI is InChI=1S/C15H23N3O2.2ClH/c1-16-7-8-17(2)15(19)13-3-5-14(6-4-13)18-9-11-20-12-10-18;;/h3-6,16H,7-12H2,1-2H3;2*1H. The fraction of sp³-hybridized carbons (Fsp3) is 0.533. The number of nitrogens with one attached hydrogen (secondary N) is 1. The Hall–Kier alpha value is -1.01. The number of carbonyl (C=O) groups excluding carboxylic acids is 1. The maximum Gasteiger partial charge on any atom is 0.253 e. The van der Waals surface area contributed by atoms with Crippen LogP contribution in [0.2, 0.25) is 0 Å². The summed E-state index contributed by atoms with van der Waals surface area (Å²) in [4.78, 5) is 16.2. The molecule has 0 bridgehead atoms. The van der Waals surface area contributed by atoms with Crippen LogP contribution >= 0.6 is 24.8 Å². The minimum Gasteiger partial charge on any atom is -0.378 e. The number of hydrogen-bond acceptors (Lipinski definition) is 4. The van der Waals surface area contributed by atoms with Crippen molar-refractivity contribution in [1.82, 2.24) is 10.2 Å². The first-order valence-electron chi connectivity index (χ1n) is 7.05. The van der Waals surface area contributed by atoms with Crippen molar-refractivity contribution >= 4 is 36.4 Å². The molecule has 1 amide bonds. The van der Waals surface area contributed by atoms with E-state index in [2.05, 4.69) is 10.2 Å². The Balaban J connectivity index is 0.00000220. The normalized spacial score (nSPS) is 13.8. The van der Waals surface area contributed by atoms with Gasteiger partial charge in [-0.15, -0.1) is 24.8 Å². The number of nitrogens with zero attached hydrogens (tertiary/aromatic N) is 2. The van der Waals surface area contributed by atoms with Gasteiger partial charge in [-0.2, -0.15) is 0 Å². The van der Waals surface area contributed by atoms with Crippen LogP contribution in [0.4, 0.5) is 5.69 Å². The van der Waals surface area contributed by atoms with Gasteiger partial charge in [-0.25, -0.2) is 0 Å². The van der Waals surface area contributed by atoms with Gasteiger partial charge in [-0.05, 0) is 31.3 Å². The number of rotatable bonds is 5. The summed E-state index contributed by atoms with van der Waals surface area (Å²) in [5, 5.41) is 3.04. The van der Waals surface area contributed by atoms with Crippen LogP contribution in [0.15, 0.2) is 24.3 Å². The molecule has 0 spiro atoms. The molecule has 7 heteroatoms. The highest BCUT2D eigenvalue weighted by Crippen LogP contribution is 2.17. The van der Waals surface area contributed by atoms with E-state index >= 15 is 0 Å². The van der Waals surface area contributed by atoms with E-state index < -0.39 is 0 Å². The predicted molar refractivity (Wildman–Crippen MR) is 94.9 cm³/mol. The summed E-state index contributed by atoms with van der Waals surface area (Å²) in [7, 11) is 3.71. The number of morpholine rings is 1. The topological polar surface area (TPSA) is 44.8 Å². The second-order valence-corrected chi connectivity index (χ2v) is 4.98. The second kappa shape index (κ2) is 10.7. The van der Waals surface area contributed by atoms with E-state index in [1.807, 2.05) is 38.4 Å². The van der Waals surface area contributed by atoms with E-state index in [0.717, 1.165) is 44.1 Å². The minimum absolute atomic E-state index is 0. The van der Waals surface area contributed by atoms with Gasteiger partial charge in [0.2, 0.25) is 0 Å². The molecule has 1 aliphatic rings. The summed E-state index contributed by atoms with van der Waals surface area (Å²) in [6.07, 6.45) is 0. The number of halogens is 2. The predicted octanol–water partition coefficient (Wildman–Crippen LogP) is 1.66. The van der Waals surface area contributed by atoms with Crippen molar-refractivity contribution in [3.8, 4) is 0 Å². The SMILES string of the molecule is CNCCN(C)C(=O)c1ccc(N2CCOCC2)cc1.Cl.Cl. The fourth-order valence-electron chi connectivity index (χ4n) is 2.24. The molecule has 1 fully saturated rings. The van der Waals surface area contributed by atoms with Gasteiger partial charge in [0.1, 0.15) is 0 Å². The van der Waals surface area contributed by atoms with E-state index in [1.54, 1.807) is 4.90 Å². The molecule has 0 unspecified atom stereocenters. The molecule has 1 aromatic rings. The molecule has 1 N–H and O–H groups in total. The molecule has 0 atom stereocenters. The quantitative estimate of drug-likeness (QED) is 0.877. The van der Waals surface area contributed by atoms with Gasteiger partial charge in [0, 0.05) is 44.5 Å². The first kappa shape index (κ1) is 21.0. The van der Waals surface area contributed by atoms with E-state index in [4.69, 9.17) is 4.74 Å². The highest BCUT2D eigenvalue weighted by atomic mass is 35.5. The molecule has 126 valence electrons. The maximum absolute atomic E-state index is 12.2. The maximum atomic E-state index is 12.2. The summed E-state index contributed by atoms with van der Waals surface area (Å²) in [5.41, 5.74) is 1.89. The molecule has 0 radical (unpaired) electrons. The number of benzene rings is 1. The van der Waals surface area contributed by atoms with Crippen LogP contribution in [0.1, 0.15) is 10.4 Å². The zero-order chi connectivity index (χ0) is 14.4. The van der Waals surface area contributed by atoms with Crippen molar-refractivity contribution in [3.63, 3.8) is 0 Å². The number of amides is 1. The highest BCUT2D eigenvalue weighted by molar-refractivity contribution is 5.94. The highest BCUT2D eigenvalue weighted by Gasteiger charge is 2.14. The van der Waals surface area contributed by atoms with Crippen LogP contribution in [0.5, 0.6) is 0 Å². The molecular formula is C15H25Cl2N3O2. The fourth-order valence-corrected chi connectivity index (χ4v) is 2.24. The van der Waals surface area contributed by atoms with E-state index in [1.165, 1.54) is 0 Å². The van der Waals surface area contributed by atoms with Gasteiger partial charge in [0.25, 0.3) is 5.91 Å². The number of ether oxygens (including phenoxy) is 1. The summed E-state index contributed by atoms with van der Waals surface area (Å²) in [6, 6.07) is 7.85. The molecule has 5 nitrogen and oxygen atoms in total. The summed E-state index contributed by atoms with van der Waals surface area (Å²) in [5.74, 6) is 0.0637. The van der Waals surface area contributed by atoms with Gasteiger partial charge < -0.3 is 19.9 Å². The van der Waals surface area contributed by atoms with Gasteiger partial charge >= 0.3 is 0 Å². The lowest BCUT2D eigenvalue weighted by Crippen LogP contribution is -2.36. The summed E-state index contributed by atoms with van der Waals surface area (Å²) < 4.78 is 5.34. The third-order valence-electron chi connectivity index (χ3n) is 3.53. The molecule has 0 saturated carbocycles. The lowest BCUT2D eigenvalue weighted by molar-refractivity contribution is 0.0797. The number of likely N-dealkylation sites (N-methyl/N-ethyl adjacent to an activating group) is 2. The Kier molecular flexibility index (Phi) is 10.2. The van der Waals surface area contributed by atoms with Crippen molar-refractivity contribution in [2.75, 3.05) is 58.4 Å². The monoisotopic (exact) mass is 349 g/mol. The van der Waals surface area contributed by atoms with E-state index in [0.29, 0.717) is 6.54 Å². The summed E-state index contributed by atoms with van der Waals surface area (Å²) >= 11 is 0. The molecule has 0 aliphatic carbocycles. The Labute approximate surface area is 144 Å². The van der Waals surface area contributed by atoms with Crippen LogP contribution < -0.4 is 10.2 Å². The number of carbonyl (C=O) groups is 1. The average Bonchev–Trinajstić information content (AvgIpc) is 2.53. The molecule has 2 rings (SSSR count). The zero-order valence-corrected chi connectivity index (χ0v) is 14.7. The van der Waals surface area contributed by atoms with Crippen LogP contribution in [0.25, 0.3) is 0 Å². The largest absolute Gasteiger partial charge is 0.378 e.